The zero-order chi connectivity index (χ0) is 17.0. The molecule has 122 valence electrons. The number of aromatic nitrogens is 1. The van der Waals surface area contributed by atoms with Gasteiger partial charge in [0.1, 0.15) is 0 Å². The van der Waals surface area contributed by atoms with Crippen LogP contribution in [0.4, 0.5) is 0 Å². The Kier molecular flexibility index (Phi) is 5.15. The van der Waals surface area contributed by atoms with Crippen molar-refractivity contribution in [1.29, 1.82) is 0 Å². The summed E-state index contributed by atoms with van der Waals surface area (Å²) in [7, 11) is -3.52. The Morgan fingerprint density at radius 3 is 2.26 bits per heavy atom. The van der Waals surface area contributed by atoms with E-state index in [1.165, 1.54) is 12.1 Å². The molecule has 1 unspecified atom stereocenters. The van der Waals surface area contributed by atoms with Crippen molar-refractivity contribution in [3.05, 3.63) is 59.9 Å². The Bertz CT molecular complexity index is 786. The number of benzene rings is 1. The van der Waals surface area contributed by atoms with Gasteiger partial charge in [0, 0.05) is 12.4 Å². The van der Waals surface area contributed by atoms with Gasteiger partial charge >= 0.3 is 0 Å². The number of amides is 1. The smallest absolute Gasteiger partial charge is 0.253 e. The van der Waals surface area contributed by atoms with E-state index in [-0.39, 0.29) is 16.5 Å². The number of nitrogens with one attached hydrogen (secondary N) is 1. The number of carbonyl (C=O) groups excluding carboxylic acids is 1. The molecule has 6 heteroatoms. The first-order valence-electron chi connectivity index (χ1n) is 7.37. The molecule has 1 aromatic heterocycles. The van der Waals surface area contributed by atoms with Gasteiger partial charge in [-0.2, -0.15) is 0 Å². The molecule has 0 bridgehead atoms. The van der Waals surface area contributed by atoms with Gasteiger partial charge in [0.25, 0.3) is 5.91 Å². The van der Waals surface area contributed by atoms with Crippen LogP contribution in [0.3, 0.4) is 0 Å². The average molecular weight is 332 g/mol. The van der Waals surface area contributed by atoms with Gasteiger partial charge in [0.15, 0.2) is 9.84 Å². The molecule has 2 aromatic rings. The summed E-state index contributed by atoms with van der Waals surface area (Å²) in [4.78, 5) is 16.5. The second kappa shape index (κ2) is 6.91. The highest BCUT2D eigenvalue weighted by atomic mass is 32.2. The highest BCUT2D eigenvalue weighted by molar-refractivity contribution is 7.92. The lowest BCUT2D eigenvalue weighted by molar-refractivity contribution is 0.0936. The fourth-order valence-electron chi connectivity index (χ4n) is 2.17. The molecule has 1 atom stereocenters. The van der Waals surface area contributed by atoms with Crippen LogP contribution in [0.15, 0.2) is 53.7 Å². The molecule has 0 aliphatic carbocycles. The van der Waals surface area contributed by atoms with Crippen LogP contribution in [0.2, 0.25) is 0 Å². The van der Waals surface area contributed by atoms with Crippen LogP contribution >= 0.6 is 0 Å². The molecular weight excluding hydrogens is 312 g/mol. The zero-order valence-electron chi connectivity index (χ0n) is 13.4. The number of pyridine rings is 1. The topological polar surface area (TPSA) is 76.1 Å². The largest absolute Gasteiger partial charge is 0.345 e. The van der Waals surface area contributed by atoms with Gasteiger partial charge in [-0.15, -0.1) is 0 Å². The van der Waals surface area contributed by atoms with E-state index >= 15 is 0 Å². The number of nitrogens with zero attached hydrogens (tertiary/aromatic N) is 1. The standard InChI is InChI=1S/C17H20N2O3S/c1-12(2)23(21,22)16-7-5-4-6-15(16)17(20)19-13(3)14-8-10-18-11-9-14/h4-13H,1-3H3,(H,19,20). The van der Waals surface area contributed by atoms with Gasteiger partial charge in [0.05, 0.1) is 21.8 Å². The fraction of sp³-hybridized carbons (Fsp3) is 0.294. The molecule has 0 aliphatic rings. The van der Waals surface area contributed by atoms with Gasteiger partial charge in [-0.05, 0) is 50.6 Å². The molecule has 5 nitrogen and oxygen atoms in total. The minimum Gasteiger partial charge on any atom is -0.345 e. The van der Waals surface area contributed by atoms with Crippen molar-refractivity contribution in [2.45, 2.75) is 37.0 Å². The van der Waals surface area contributed by atoms with Crippen LogP contribution in [0.1, 0.15) is 42.7 Å². The second-order valence-electron chi connectivity index (χ2n) is 5.57. The number of hydrogen-bond acceptors (Lipinski definition) is 4. The maximum atomic E-state index is 12.5. The summed E-state index contributed by atoms with van der Waals surface area (Å²) in [5, 5.41) is 2.24. The summed E-state index contributed by atoms with van der Waals surface area (Å²) < 4.78 is 24.8. The van der Waals surface area contributed by atoms with E-state index < -0.39 is 21.0 Å². The van der Waals surface area contributed by atoms with Crippen molar-refractivity contribution in [3.63, 3.8) is 0 Å². The average Bonchev–Trinajstić information content (AvgIpc) is 2.55. The van der Waals surface area contributed by atoms with Crippen LogP contribution in [0.25, 0.3) is 0 Å². The lowest BCUT2D eigenvalue weighted by Gasteiger charge is -2.17. The third-order valence-corrected chi connectivity index (χ3v) is 5.82. The van der Waals surface area contributed by atoms with Crippen molar-refractivity contribution >= 4 is 15.7 Å². The maximum Gasteiger partial charge on any atom is 0.253 e. The molecule has 1 aromatic carbocycles. The van der Waals surface area contributed by atoms with E-state index in [2.05, 4.69) is 10.3 Å². The predicted octanol–water partition coefficient (Wildman–Crippen LogP) is 2.75. The van der Waals surface area contributed by atoms with E-state index in [0.29, 0.717) is 0 Å². The Balaban J connectivity index is 2.31. The highest BCUT2D eigenvalue weighted by Gasteiger charge is 2.25. The molecule has 1 heterocycles. The lowest BCUT2D eigenvalue weighted by Crippen LogP contribution is -2.29. The first kappa shape index (κ1) is 17.1. The maximum absolute atomic E-state index is 12.5. The Labute approximate surface area is 136 Å². The molecular formula is C17H20N2O3S. The van der Waals surface area contributed by atoms with Crippen LogP contribution < -0.4 is 5.32 Å². The van der Waals surface area contributed by atoms with Crippen molar-refractivity contribution in [3.8, 4) is 0 Å². The van der Waals surface area contributed by atoms with Gasteiger partial charge in [-0.25, -0.2) is 8.42 Å². The molecule has 0 radical (unpaired) electrons. The zero-order valence-corrected chi connectivity index (χ0v) is 14.2. The van der Waals surface area contributed by atoms with Gasteiger partial charge in [-0.1, -0.05) is 12.1 Å². The number of hydrogen-bond donors (Lipinski definition) is 1. The number of carbonyl (C=O) groups is 1. The third-order valence-electron chi connectivity index (χ3n) is 3.61. The molecule has 0 fully saturated rings. The number of sulfone groups is 1. The van der Waals surface area contributed by atoms with Crippen molar-refractivity contribution in [1.82, 2.24) is 10.3 Å². The summed E-state index contributed by atoms with van der Waals surface area (Å²) in [6.45, 7) is 5.04. The fourth-order valence-corrected chi connectivity index (χ4v) is 3.41. The number of rotatable bonds is 5. The normalized spacial score (nSPS) is 12.9. The summed E-state index contributed by atoms with van der Waals surface area (Å²) in [6.07, 6.45) is 3.30. The highest BCUT2D eigenvalue weighted by Crippen LogP contribution is 2.21. The van der Waals surface area contributed by atoms with E-state index in [9.17, 15) is 13.2 Å². The van der Waals surface area contributed by atoms with Gasteiger partial charge < -0.3 is 5.32 Å². The van der Waals surface area contributed by atoms with Crippen molar-refractivity contribution in [2.75, 3.05) is 0 Å². The van der Waals surface area contributed by atoms with E-state index in [1.54, 1.807) is 38.4 Å². The van der Waals surface area contributed by atoms with E-state index in [1.807, 2.05) is 19.1 Å². The Hall–Kier alpha value is -2.21. The van der Waals surface area contributed by atoms with E-state index in [4.69, 9.17) is 0 Å². The molecule has 0 saturated carbocycles. The van der Waals surface area contributed by atoms with Crippen LogP contribution in [0, 0.1) is 0 Å². The predicted molar refractivity (Wildman–Crippen MR) is 88.9 cm³/mol. The molecule has 0 aliphatic heterocycles. The Morgan fingerprint density at radius 1 is 1.04 bits per heavy atom. The minimum absolute atomic E-state index is 0.0643. The molecule has 0 saturated heterocycles. The van der Waals surface area contributed by atoms with Crippen LogP contribution in [-0.4, -0.2) is 24.6 Å². The van der Waals surface area contributed by atoms with Crippen LogP contribution in [-0.2, 0) is 9.84 Å². The third kappa shape index (κ3) is 3.76. The summed E-state index contributed by atoms with van der Waals surface area (Å²) >= 11 is 0. The van der Waals surface area contributed by atoms with Gasteiger partial charge in [0.2, 0.25) is 0 Å². The Morgan fingerprint density at radius 2 is 1.65 bits per heavy atom. The molecule has 0 spiro atoms. The quantitative estimate of drug-likeness (QED) is 0.913. The monoisotopic (exact) mass is 332 g/mol. The van der Waals surface area contributed by atoms with E-state index in [0.717, 1.165) is 5.56 Å². The summed E-state index contributed by atoms with van der Waals surface area (Å²) in [6, 6.07) is 9.65. The first-order chi connectivity index (χ1) is 10.8. The van der Waals surface area contributed by atoms with Crippen molar-refractivity contribution in [2.24, 2.45) is 0 Å². The molecule has 1 amide bonds. The first-order valence-corrected chi connectivity index (χ1v) is 8.92. The lowest BCUT2D eigenvalue weighted by atomic mass is 10.1. The second-order valence-corrected chi connectivity index (χ2v) is 8.04. The molecule has 2 rings (SSSR count). The SMILES string of the molecule is CC(NC(=O)c1ccccc1S(=O)(=O)C(C)C)c1ccncc1. The summed E-state index contributed by atoms with van der Waals surface area (Å²) in [5.74, 6) is -0.408. The minimum atomic E-state index is -3.52. The molecule has 23 heavy (non-hydrogen) atoms. The van der Waals surface area contributed by atoms with Gasteiger partial charge in [-0.3, -0.25) is 9.78 Å². The molecule has 1 N–H and O–H groups in total. The van der Waals surface area contributed by atoms with Crippen molar-refractivity contribution < 1.29 is 13.2 Å². The summed E-state index contributed by atoms with van der Waals surface area (Å²) in [5.41, 5.74) is 1.07. The van der Waals surface area contributed by atoms with Crippen LogP contribution in [0.5, 0.6) is 0 Å².